The number of nitrogens with zero attached hydrogens (tertiary/aromatic N) is 1. The molecule has 4 fully saturated rings. The zero-order chi connectivity index (χ0) is 13.7. The number of likely N-dealkylation sites (N-methyl/N-ethyl adjacent to an activating group) is 1. The predicted molar refractivity (Wildman–Crippen MR) is 79.3 cm³/mol. The summed E-state index contributed by atoms with van der Waals surface area (Å²) in [5.74, 6) is 2.96. The summed E-state index contributed by atoms with van der Waals surface area (Å²) in [4.78, 5) is 15.5. The second-order valence-corrected chi connectivity index (χ2v) is 7.66. The van der Waals surface area contributed by atoms with Crippen LogP contribution in [0.3, 0.4) is 0 Å². The fraction of sp³-hybridized carbons (Fsp3) is 0.941. The van der Waals surface area contributed by atoms with E-state index in [9.17, 15) is 4.79 Å². The normalized spacial score (nSPS) is 47.6. The molecule has 112 valence electrons. The number of hydrogen-bond acceptors (Lipinski definition) is 2. The van der Waals surface area contributed by atoms with E-state index in [0.29, 0.717) is 18.0 Å². The molecule has 6 atom stereocenters. The molecule has 3 nitrogen and oxygen atoms in total. The average Bonchev–Trinajstić information content (AvgIpc) is 3.15. The Kier molecular flexibility index (Phi) is 3.29. The van der Waals surface area contributed by atoms with Gasteiger partial charge in [-0.3, -0.25) is 4.79 Å². The first-order valence-corrected chi connectivity index (χ1v) is 8.77. The van der Waals surface area contributed by atoms with Crippen molar-refractivity contribution in [1.82, 2.24) is 10.2 Å². The molecule has 3 saturated carbocycles. The Morgan fingerprint density at radius 3 is 2.50 bits per heavy atom. The number of carbonyl (C=O) groups excluding carboxylic acids is 1. The molecule has 1 saturated heterocycles. The van der Waals surface area contributed by atoms with Crippen LogP contribution in [0.4, 0.5) is 0 Å². The highest BCUT2D eigenvalue weighted by atomic mass is 16.2. The van der Waals surface area contributed by atoms with Crippen LogP contribution >= 0.6 is 0 Å². The summed E-state index contributed by atoms with van der Waals surface area (Å²) in [6.45, 7) is 0. The third-order valence-electron chi connectivity index (χ3n) is 6.76. The lowest BCUT2D eigenvalue weighted by molar-refractivity contribution is -0.139. The van der Waals surface area contributed by atoms with E-state index in [2.05, 4.69) is 10.2 Å². The molecule has 0 aromatic heterocycles. The van der Waals surface area contributed by atoms with Gasteiger partial charge in [-0.2, -0.15) is 0 Å². The van der Waals surface area contributed by atoms with Crippen LogP contribution in [0, 0.1) is 17.8 Å². The lowest BCUT2D eigenvalue weighted by Gasteiger charge is -2.41. The highest BCUT2D eigenvalue weighted by Crippen LogP contribution is 2.49. The smallest absolute Gasteiger partial charge is 0.240 e. The fourth-order valence-electron chi connectivity index (χ4n) is 5.80. The lowest BCUT2D eigenvalue weighted by atomic mass is 9.91. The minimum Gasteiger partial charge on any atom is -0.335 e. The average molecular weight is 276 g/mol. The van der Waals surface area contributed by atoms with E-state index in [0.717, 1.165) is 24.2 Å². The Hall–Kier alpha value is -0.570. The molecule has 3 aliphatic carbocycles. The topological polar surface area (TPSA) is 32.3 Å². The van der Waals surface area contributed by atoms with Crippen molar-refractivity contribution >= 4 is 5.91 Å². The van der Waals surface area contributed by atoms with Gasteiger partial charge in [-0.25, -0.2) is 0 Å². The highest BCUT2D eigenvalue weighted by molar-refractivity contribution is 5.83. The van der Waals surface area contributed by atoms with Crippen LogP contribution in [-0.4, -0.2) is 36.0 Å². The van der Waals surface area contributed by atoms with Gasteiger partial charge in [0.05, 0.1) is 6.04 Å². The van der Waals surface area contributed by atoms with Crippen molar-refractivity contribution in [3.8, 4) is 0 Å². The summed E-state index contributed by atoms with van der Waals surface area (Å²) in [6, 6.07) is 1.24. The number of carbonyl (C=O) groups is 1. The van der Waals surface area contributed by atoms with Crippen LogP contribution < -0.4 is 5.32 Å². The van der Waals surface area contributed by atoms with Crippen molar-refractivity contribution < 1.29 is 4.79 Å². The molecule has 0 radical (unpaired) electrons. The zero-order valence-electron chi connectivity index (χ0n) is 12.7. The van der Waals surface area contributed by atoms with Crippen molar-refractivity contribution in [2.24, 2.45) is 17.8 Å². The second-order valence-electron chi connectivity index (χ2n) is 7.66. The summed E-state index contributed by atoms with van der Waals surface area (Å²) >= 11 is 0. The molecule has 1 heterocycles. The molecule has 2 bridgehead atoms. The summed E-state index contributed by atoms with van der Waals surface area (Å²) < 4.78 is 0. The first-order valence-electron chi connectivity index (χ1n) is 8.77. The molecular weight excluding hydrogens is 248 g/mol. The van der Waals surface area contributed by atoms with E-state index in [4.69, 9.17) is 0 Å². The maximum absolute atomic E-state index is 13.0. The van der Waals surface area contributed by atoms with Gasteiger partial charge >= 0.3 is 0 Å². The van der Waals surface area contributed by atoms with E-state index >= 15 is 0 Å². The van der Waals surface area contributed by atoms with Gasteiger partial charge in [0.15, 0.2) is 0 Å². The fourth-order valence-corrected chi connectivity index (χ4v) is 5.80. The van der Waals surface area contributed by atoms with E-state index in [1.807, 2.05) is 7.05 Å². The number of nitrogens with one attached hydrogen (secondary N) is 1. The third kappa shape index (κ3) is 1.93. The van der Waals surface area contributed by atoms with Crippen molar-refractivity contribution in [3.05, 3.63) is 0 Å². The first kappa shape index (κ1) is 13.1. The van der Waals surface area contributed by atoms with Crippen LogP contribution in [-0.2, 0) is 4.79 Å². The summed E-state index contributed by atoms with van der Waals surface area (Å²) in [7, 11) is 1.96. The van der Waals surface area contributed by atoms with Gasteiger partial charge < -0.3 is 10.2 Å². The monoisotopic (exact) mass is 276 g/mol. The van der Waals surface area contributed by atoms with E-state index < -0.39 is 0 Å². The summed E-state index contributed by atoms with van der Waals surface area (Å²) in [6.07, 6.45) is 11.8. The number of fused-ring (bicyclic) bond motifs is 3. The SMILES string of the molecule is CNC1CCC2CCCC2N(C2CC3CCC2C3)C1=O. The minimum absolute atomic E-state index is 0.0831. The molecule has 4 rings (SSSR count). The Morgan fingerprint density at radius 2 is 1.80 bits per heavy atom. The van der Waals surface area contributed by atoms with Crippen LogP contribution in [0.2, 0.25) is 0 Å². The number of likely N-dealkylation sites (tertiary alicyclic amines) is 1. The van der Waals surface area contributed by atoms with Gasteiger partial charge in [0.25, 0.3) is 0 Å². The Balaban J connectivity index is 1.63. The van der Waals surface area contributed by atoms with Gasteiger partial charge in [0.1, 0.15) is 0 Å². The van der Waals surface area contributed by atoms with Gasteiger partial charge in [0, 0.05) is 12.1 Å². The number of amides is 1. The van der Waals surface area contributed by atoms with Gasteiger partial charge in [-0.1, -0.05) is 12.8 Å². The largest absolute Gasteiger partial charge is 0.335 e. The Bertz CT molecular complexity index is 396. The Labute approximate surface area is 122 Å². The third-order valence-corrected chi connectivity index (χ3v) is 6.76. The van der Waals surface area contributed by atoms with Crippen molar-refractivity contribution in [1.29, 1.82) is 0 Å². The van der Waals surface area contributed by atoms with E-state index in [1.54, 1.807) is 0 Å². The highest BCUT2D eigenvalue weighted by Gasteiger charge is 2.49. The molecule has 3 heteroatoms. The minimum atomic E-state index is 0.0831. The molecule has 1 amide bonds. The van der Waals surface area contributed by atoms with Crippen LogP contribution in [0.15, 0.2) is 0 Å². The number of rotatable bonds is 2. The molecule has 6 unspecified atom stereocenters. The standard InChI is InChI=1S/C17H28N2O/c1-18-14-8-7-12-3-2-4-15(12)19(17(14)20)16-10-11-5-6-13(16)9-11/h11-16,18H,2-10H2,1H3. The quantitative estimate of drug-likeness (QED) is 0.840. The predicted octanol–water partition coefficient (Wildman–Crippen LogP) is 2.55. The lowest BCUT2D eigenvalue weighted by Crippen LogP contribution is -2.54. The summed E-state index contributed by atoms with van der Waals surface area (Å²) in [5, 5.41) is 3.29. The molecule has 0 aromatic rings. The molecule has 4 aliphatic rings. The maximum atomic E-state index is 13.0. The molecule has 0 spiro atoms. The molecule has 20 heavy (non-hydrogen) atoms. The molecular formula is C17H28N2O. The van der Waals surface area contributed by atoms with E-state index in [1.165, 1.54) is 51.4 Å². The molecule has 0 aromatic carbocycles. The number of hydrogen-bond donors (Lipinski definition) is 1. The van der Waals surface area contributed by atoms with Gasteiger partial charge in [-0.15, -0.1) is 0 Å². The molecule has 1 aliphatic heterocycles. The van der Waals surface area contributed by atoms with Gasteiger partial charge in [0.2, 0.25) is 5.91 Å². The van der Waals surface area contributed by atoms with Crippen molar-refractivity contribution in [2.75, 3.05) is 7.05 Å². The Morgan fingerprint density at radius 1 is 0.950 bits per heavy atom. The van der Waals surface area contributed by atoms with Crippen molar-refractivity contribution in [2.45, 2.75) is 75.9 Å². The zero-order valence-corrected chi connectivity index (χ0v) is 12.7. The van der Waals surface area contributed by atoms with Crippen LogP contribution in [0.1, 0.15) is 57.8 Å². The van der Waals surface area contributed by atoms with Crippen LogP contribution in [0.5, 0.6) is 0 Å². The maximum Gasteiger partial charge on any atom is 0.240 e. The van der Waals surface area contributed by atoms with Gasteiger partial charge in [-0.05, 0) is 69.7 Å². The van der Waals surface area contributed by atoms with E-state index in [-0.39, 0.29) is 6.04 Å². The summed E-state index contributed by atoms with van der Waals surface area (Å²) in [5.41, 5.74) is 0. The van der Waals surface area contributed by atoms with Crippen LogP contribution in [0.25, 0.3) is 0 Å². The van der Waals surface area contributed by atoms with Crippen molar-refractivity contribution in [3.63, 3.8) is 0 Å². The first-order chi connectivity index (χ1) is 9.78. The second kappa shape index (κ2) is 5.01. The molecule has 1 N–H and O–H groups in total.